The van der Waals surface area contributed by atoms with Crippen molar-refractivity contribution in [2.45, 2.75) is 39.2 Å². The van der Waals surface area contributed by atoms with Gasteiger partial charge in [-0.15, -0.1) is 5.10 Å². The lowest BCUT2D eigenvalue weighted by molar-refractivity contribution is 0.0885. The Kier molecular flexibility index (Phi) is 4.41. The molecule has 1 amide bonds. The number of hydrogen-bond donors (Lipinski definition) is 1. The largest absolute Gasteiger partial charge is 0.348 e. The number of hydrogen-bond acceptors (Lipinski definition) is 3. The van der Waals surface area contributed by atoms with E-state index in [2.05, 4.69) is 29.4 Å². The number of carbonyl (C=O) groups excluding carboxylic acids is 1. The molecule has 1 N–H and O–H groups in total. The zero-order chi connectivity index (χ0) is 16.4. The minimum absolute atomic E-state index is 0.183. The highest BCUT2D eigenvalue weighted by atomic mass is 19.1. The van der Waals surface area contributed by atoms with Crippen LogP contribution in [0.15, 0.2) is 30.5 Å². The van der Waals surface area contributed by atoms with Crippen molar-refractivity contribution in [3.05, 3.63) is 42.0 Å². The van der Waals surface area contributed by atoms with Crippen LogP contribution in [0.2, 0.25) is 0 Å². The third-order valence-electron chi connectivity index (χ3n) is 4.81. The van der Waals surface area contributed by atoms with E-state index in [1.807, 2.05) is 0 Å². The van der Waals surface area contributed by atoms with Gasteiger partial charge in [-0.2, -0.15) is 9.90 Å². The third kappa shape index (κ3) is 3.41. The average molecular weight is 316 g/mol. The standard InChI is InChI=1S/C17H21FN4O/c1-11-4-3-5-15(12(11)2)20-17(23)16-10-19-22(21-16)14-8-6-13(18)7-9-14/h6-12,15H,3-5H2,1-2H3,(H,20,23). The van der Waals surface area contributed by atoms with Crippen molar-refractivity contribution in [3.63, 3.8) is 0 Å². The van der Waals surface area contributed by atoms with Crippen LogP contribution in [0.3, 0.4) is 0 Å². The van der Waals surface area contributed by atoms with Crippen LogP contribution in [0, 0.1) is 17.7 Å². The van der Waals surface area contributed by atoms with Crippen LogP contribution in [0.1, 0.15) is 43.6 Å². The quantitative estimate of drug-likeness (QED) is 0.947. The van der Waals surface area contributed by atoms with Crippen LogP contribution in [-0.2, 0) is 0 Å². The van der Waals surface area contributed by atoms with Gasteiger partial charge in [-0.25, -0.2) is 4.39 Å². The van der Waals surface area contributed by atoms with Crippen LogP contribution >= 0.6 is 0 Å². The smallest absolute Gasteiger partial charge is 0.273 e. The Labute approximate surface area is 134 Å². The minimum Gasteiger partial charge on any atom is -0.348 e. The van der Waals surface area contributed by atoms with E-state index in [0.29, 0.717) is 17.5 Å². The summed E-state index contributed by atoms with van der Waals surface area (Å²) in [6.07, 6.45) is 4.80. The Bertz CT molecular complexity index is 682. The Balaban J connectivity index is 1.70. The highest BCUT2D eigenvalue weighted by Gasteiger charge is 2.28. The normalized spacial score (nSPS) is 24.4. The van der Waals surface area contributed by atoms with Crippen LogP contribution in [-0.4, -0.2) is 26.9 Å². The molecule has 1 aromatic carbocycles. The number of amides is 1. The first-order valence-corrected chi connectivity index (χ1v) is 8.04. The zero-order valence-corrected chi connectivity index (χ0v) is 13.4. The summed E-state index contributed by atoms with van der Waals surface area (Å²) < 4.78 is 13.0. The number of benzene rings is 1. The van der Waals surface area contributed by atoms with Gasteiger partial charge in [-0.1, -0.05) is 26.7 Å². The van der Waals surface area contributed by atoms with E-state index < -0.39 is 0 Å². The predicted molar refractivity (Wildman–Crippen MR) is 84.8 cm³/mol. The molecule has 3 unspecified atom stereocenters. The second kappa shape index (κ2) is 6.48. The molecule has 1 aliphatic rings. The summed E-state index contributed by atoms with van der Waals surface area (Å²) in [6, 6.07) is 6.00. The molecule has 0 bridgehead atoms. The van der Waals surface area contributed by atoms with Crippen molar-refractivity contribution in [2.75, 3.05) is 0 Å². The van der Waals surface area contributed by atoms with E-state index in [9.17, 15) is 9.18 Å². The highest BCUT2D eigenvalue weighted by molar-refractivity contribution is 5.92. The Morgan fingerprint density at radius 3 is 2.74 bits per heavy atom. The molecule has 0 aliphatic heterocycles. The number of carbonyl (C=O) groups is 1. The number of rotatable bonds is 3. The summed E-state index contributed by atoms with van der Waals surface area (Å²) in [6.45, 7) is 4.41. The van der Waals surface area contributed by atoms with Crippen molar-refractivity contribution < 1.29 is 9.18 Å². The molecule has 5 nitrogen and oxygen atoms in total. The lowest BCUT2D eigenvalue weighted by Gasteiger charge is -2.34. The summed E-state index contributed by atoms with van der Waals surface area (Å²) in [7, 11) is 0. The molecule has 122 valence electrons. The molecule has 1 fully saturated rings. The molecule has 3 rings (SSSR count). The van der Waals surface area contributed by atoms with Crippen molar-refractivity contribution >= 4 is 5.91 Å². The second-order valence-corrected chi connectivity index (χ2v) is 6.34. The monoisotopic (exact) mass is 316 g/mol. The van der Waals surface area contributed by atoms with Gasteiger partial charge in [0.1, 0.15) is 5.82 Å². The van der Waals surface area contributed by atoms with Crippen molar-refractivity contribution in [1.82, 2.24) is 20.3 Å². The van der Waals surface area contributed by atoms with E-state index in [1.54, 1.807) is 12.1 Å². The Morgan fingerprint density at radius 1 is 1.26 bits per heavy atom. The van der Waals surface area contributed by atoms with Crippen molar-refractivity contribution in [1.29, 1.82) is 0 Å². The highest BCUT2D eigenvalue weighted by Crippen LogP contribution is 2.29. The van der Waals surface area contributed by atoms with E-state index in [1.165, 1.54) is 29.5 Å². The summed E-state index contributed by atoms with van der Waals surface area (Å²) in [4.78, 5) is 13.7. The van der Waals surface area contributed by atoms with Crippen molar-refractivity contribution in [2.24, 2.45) is 11.8 Å². The van der Waals surface area contributed by atoms with Gasteiger partial charge >= 0.3 is 0 Å². The number of nitrogens with one attached hydrogen (secondary N) is 1. The summed E-state index contributed by atoms with van der Waals surface area (Å²) >= 11 is 0. The maximum atomic E-state index is 13.0. The Hall–Kier alpha value is -2.24. The molecule has 3 atom stereocenters. The Morgan fingerprint density at radius 2 is 2.00 bits per heavy atom. The van der Waals surface area contributed by atoms with Crippen LogP contribution in [0.4, 0.5) is 4.39 Å². The van der Waals surface area contributed by atoms with Gasteiger partial charge in [0.15, 0.2) is 5.69 Å². The number of halogens is 1. The molecule has 1 heterocycles. The van der Waals surface area contributed by atoms with Gasteiger partial charge in [0.2, 0.25) is 0 Å². The van der Waals surface area contributed by atoms with E-state index in [4.69, 9.17) is 0 Å². The topological polar surface area (TPSA) is 59.8 Å². The van der Waals surface area contributed by atoms with Gasteiger partial charge in [0.05, 0.1) is 11.9 Å². The fourth-order valence-electron chi connectivity index (χ4n) is 3.09. The molecule has 23 heavy (non-hydrogen) atoms. The van der Waals surface area contributed by atoms with Gasteiger partial charge in [-0.05, 0) is 42.5 Å². The first-order chi connectivity index (χ1) is 11.0. The summed E-state index contributed by atoms with van der Waals surface area (Å²) in [5, 5.41) is 11.4. The number of aromatic nitrogens is 3. The average Bonchev–Trinajstić information content (AvgIpc) is 3.02. The van der Waals surface area contributed by atoms with E-state index in [-0.39, 0.29) is 23.5 Å². The first-order valence-electron chi connectivity index (χ1n) is 8.04. The summed E-state index contributed by atoms with van der Waals surface area (Å²) in [5.74, 6) is 0.549. The SMILES string of the molecule is CC1CCCC(NC(=O)c2cnn(-c3ccc(F)cc3)n2)C1C. The van der Waals surface area contributed by atoms with Crippen LogP contribution < -0.4 is 5.32 Å². The molecular formula is C17H21FN4O. The minimum atomic E-state index is -0.320. The van der Waals surface area contributed by atoms with Gasteiger partial charge in [0, 0.05) is 6.04 Å². The molecular weight excluding hydrogens is 295 g/mol. The van der Waals surface area contributed by atoms with Gasteiger partial charge in [0.25, 0.3) is 5.91 Å². The van der Waals surface area contributed by atoms with Gasteiger partial charge in [-0.3, -0.25) is 4.79 Å². The molecule has 0 saturated heterocycles. The summed E-state index contributed by atoms with van der Waals surface area (Å²) in [5.41, 5.74) is 0.893. The number of nitrogens with zero attached hydrogens (tertiary/aromatic N) is 3. The van der Waals surface area contributed by atoms with Crippen LogP contribution in [0.25, 0.3) is 5.69 Å². The van der Waals surface area contributed by atoms with Crippen LogP contribution in [0.5, 0.6) is 0 Å². The fraction of sp³-hybridized carbons (Fsp3) is 0.471. The third-order valence-corrected chi connectivity index (χ3v) is 4.81. The lowest BCUT2D eigenvalue weighted by Crippen LogP contribution is -2.43. The maximum Gasteiger partial charge on any atom is 0.273 e. The molecule has 2 aromatic rings. The molecule has 1 aliphatic carbocycles. The lowest BCUT2D eigenvalue weighted by atomic mass is 9.78. The molecule has 1 saturated carbocycles. The van der Waals surface area contributed by atoms with Gasteiger partial charge < -0.3 is 5.32 Å². The molecule has 0 radical (unpaired) electrons. The molecule has 6 heteroatoms. The molecule has 1 aromatic heterocycles. The van der Waals surface area contributed by atoms with E-state index in [0.717, 1.165) is 12.8 Å². The molecule has 0 spiro atoms. The first kappa shape index (κ1) is 15.6. The zero-order valence-electron chi connectivity index (χ0n) is 13.4. The predicted octanol–water partition coefficient (Wildman–Crippen LogP) is 2.96. The van der Waals surface area contributed by atoms with Crippen molar-refractivity contribution in [3.8, 4) is 5.69 Å². The fourth-order valence-corrected chi connectivity index (χ4v) is 3.09. The second-order valence-electron chi connectivity index (χ2n) is 6.34. The van der Waals surface area contributed by atoms with E-state index >= 15 is 0 Å². The maximum absolute atomic E-state index is 13.0.